The van der Waals surface area contributed by atoms with Gasteiger partial charge in [0.1, 0.15) is 22.3 Å². The van der Waals surface area contributed by atoms with Crippen LogP contribution in [0.4, 0.5) is 17.1 Å². The second-order valence-electron chi connectivity index (χ2n) is 16.5. The van der Waals surface area contributed by atoms with Crippen LogP contribution in [0.5, 0.6) is 0 Å². The Balaban J connectivity index is 1.01. The molecule has 0 saturated heterocycles. The molecule has 0 aliphatic heterocycles. The number of anilines is 3. The number of furan rings is 2. The Labute approximate surface area is 369 Å². The maximum absolute atomic E-state index is 6.78. The third-order valence-electron chi connectivity index (χ3n) is 12.8. The van der Waals surface area contributed by atoms with Crippen LogP contribution in [0.1, 0.15) is 0 Å². The van der Waals surface area contributed by atoms with Crippen LogP contribution in [0.3, 0.4) is 0 Å². The van der Waals surface area contributed by atoms with Crippen molar-refractivity contribution in [2.75, 3.05) is 4.90 Å². The number of para-hydroxylation sites is 4. The molecule has 0 bridgehead atoms. The first-order valence-electron chi connectivity index (χ1n) is 21.7. The minimum absolute atomic E-state index is 0.860. The van der Waals surface area contributed by atoms with Crippen molar-refractivity contribution < 1.29 is 8.83 Å². The van der Waals surface area contributed by atoms with E-state index in [2.05, 4.69) is 222 Å². The predicted octanol–water partition coefficient (Wildman–Crippen LogP) is 17.1. The molecule has 0 unspecified atom stereocenters. The van der Waals surface area contributed by atoms with E-state index in [1.807, 2.05) is 18.2 Å². The molecule has 4 heteroatoms. The van der Waals surface area contributed by atoms with Gasteiger partial charge in [-0.15, -0.1) is 0 Å². The number of nitrogens with zero attached hydrogens (tertiary/aromatic N) is 2. The Kier molecular flexibility index (Phi) is 8.18. The zero-order valence-electron chi connectivity index (χ0n) is 34.7. The Bertz CT molecular complexity index is 3840. The molecule has 0 radical (unpaired) electrons. The van der Waals surface area contributed by atoms with E-state index in [0.717, 1.165) is 94.4 Å². The summed E-state index contributed by atoms with van der Waals surface area (Å²) < 4.78 is 15.5. The Morgan fingerprint density at radius 3 is 1.64 bits per heavy atom. The fourth-order valence-corrected chi connectivity index (χ4v) is 9.85. The molecule has 64 heavy (non-hydrogen) atoms. The van der Waals surface area contributed by atoms with Crippen molar-refractivity contribution in [1.29, 1.82) is 0 Å². The highest BCUT2D eigenvalue weighted by Crippen LogP contribution is 2.45. The summed E-state index contributed by atoms with van der Waals surface area (Å²) in [6.45, 7) is 0. The minimum atomic E-state index is 0.860. The molecule has 0 aliphatic rings. The van der Waals surface area contributed by atoms with Crippen LogP contribution in [-0.2, 0) is 0 Å². The van der Waals surface area contributed by atoms with Crippen LogP contribution < -0.4 is 4.90 Å². The molecular weight excluding hydrogens is 781 g/mol. The summed E-state index contributed by atoms with van der Waals surface area (Å²) in [5.41, 5.74) is 16.7. The molecule has 13 aromatic rings. The van der Waals surface area contributed by atoms with E-state index >= 15 is 0 Å². The molecule has 13 rings (SSSR count). The zero-order valence-corrected chi connectivity index (χ0v) is 34.7. The van der Waals surface area contributed by atoms with Crippen molar-refractivity contribution in [3.63, 3.8) is 0 Å². The van der Waals surface area contributed by atoms with Gasteiger partial charge in [-0.2, -0.15) is 0 Å². The van der Waals surface area contributed by atoms with Gasteiger partial charge in [-0.05, 0) is 107 Å². The average molecular weight is 819 g/mol. The summed E-state index contributed by atoms with van der Waals surface area (Å²) in [4.78, 5) is 2.38. The van der Waals surface area contributed by atoms with Crippen molar-refractivity contribution in [3.8, 4) is 39.1 Å². The van der Waals surface area contributed by atoms with Gasteiger partial charge in [-0.1, -0.05) is 152 Å². The second kappa shape index (κ2) is 14.5. The number of fused-ring (bicyclic) bond motifs is 9. The largest absolute Gasteiger partial charge is 0.456 e. The van der Waals surface area contributed by atoms with E-state index in [1.54, 1.807) is 0 Å². The van der Waals surface area contributed by atoms with E-state index in [0.29, 0.717) is 0 Å². The first-order valence-corrected chi connectivity index (χ1v) is 21.7. The number of hydrogen-bond donors (Lipinski definition) is 0. The standard InChI is InChI=1S/C60H38N2O2/c1-2-14-39(15-3-1)40-28-32-43(33-29-40)61(45-17-12-16-42(36-45)47-22-13-27-58-59(47)51-21-7-11-26-57(51)63-58)46-37-52(60-53(38-46)50-20-6-10-25-56(50)64-60)41-30-34-44(35-31-41)62-54-23-8-4-18-48(54)49-19-5-9-24-55(49)62/h1-38H. The van der Waals surface area contributed by atoms with Crippen LogP contribution in [0, 0.1) is 0 Å². The summed E-state index contributed by atoms with van der Waals surface area (Å²) in [5, 5.41) is 6.86. The van der Waals surface area contributed by atoms with Crippen LogP contribution in [-0.4, -0.2) is 4.57 Å². The zero-order chi connectivity index (χ0) is 42.1. The highest BCUT2D eigenvalue weighted by Gasteiger charge is 2.22. The lowest BCUT2D eigenvalue weighted by molar-refractivity contribution is 0.669. The number of aromatic nitrogens is 1. The molecule has 0 fully saturated rings. The van der Waals surface area contributed by atoms with Gasteiger partial charge in [0.05, 0.1) is 11.0 Å². The van der Waals surface area contributed by atoms with Gasteiger partial charge < -0.3 is 18.3 Å². The second-order valence-corrected chi connectivity index (χ2v) is 16.5. The molecule has 4 nitrogen and oxygen atoms in total. The fraction of sp³-hybridized carbons (Fsp3) is 0. The number of rotatable bonds is 7. The van der Waals surface area contributed by atoms with Crippen LogP contribution in [0.15, 0.2) is 239 Å². The van der Waals surface area contributed by atoms with Gasteiger partial charge >= 0.3 is 0 Å². The van der Waals surface area contributed by atoms with Crippen molar-refractivity contribution >= 4 is 82.7 Å². The molecule has 0 amide bonds. The van der Waals surface area contributed by atoms with Gasteiger partial charge in [-0.3, -0.25) is 0 Å². The van der Waals surface area contributed by atoms with Crippen LogP contribution in [0.2, 0.25) is 0 Å². The first kappa shape index (κ1) is 36.1. The maximum Gasteiger partial charge on any atom is 0.143 e. The molecule has 300 valence electrons. The van der Waals surface area contributed by atoms with E-state index in [9.17, 15) is 0 Å². The van der Waals surface area contributed by atoms with Gasteiger partial charge in [-0.25, -0.2) is 0 Å². The minimum Gasteiger partial charge on any atom is -0.456 e. The summed E-state index contributed by atoms with van der Waals surface area (Å²) >= 11 is 0. The van der Waals surface area contributed by atoms with Crippen molar-refractivity contribution in [2.45, 2.75) is 0 Å². The lowest BCUT2D eigenvalue weighted by Gasteiger charge is -2.27. The molecule has 0 spiro atoms. The molecule has 3 heterocycles. The number of hydrogen-bond acceptors (Lipinski definition) is 3. The summed E-state index contributed by atoms with van der Waals surface area (Å²) in [6, 6.07) is 82.2. The normalized spacial score (nSPS) is 11.8. The lowest BCUT2D eigenvalue weighted by atomic mass is 9.97. The predicted molar refractivity (Wildman–Crippen MR) is 266 cm³/mol. The quantitative estimate of drug-likeness (QED) is 0.161. The molecule has 0 saturated carbocycles. The molecule has 3 aromatic heterocycles. The fourth-order valence-electron chi connectivity index (χ4n) is 9.85. The third kappa shape index (κ3) is 5.77. The van der Waals surface area contributed by atoms with Crippen molar-refractivity contribution in [3.05, 3.63) is 231 Å². The third-order valence-corrected chi connectivity index (χ3v) is 12.8. The topological polar surface area (TPSA) is 34.5 Å². The Morgan fingerprint density at radius 1 is 0.312 bits per heavy atom. The van der Waals surface area contributed by atoms with Crippen molar-refractivity contribution in [1.82, 2.24) is 4.57 Å². The lowest BCUT2D eigenvalue weighted by Crippen LogP contribution is -2.10. The Morgan fingerprint density at radius 2 is 0.891 bits per heavy atom. The maximum atomic E-state index is 6.78. The highest BCUT2D eigenvalue weighted by molar-refractivity contribution is 6.14. The average Bonchev–Trinajstić information content (AvgIpc) is 4.05. The van der Waals surface area contributed by atoms with E-state index < -0.39 is 0 Å². The smallest absolute Gasteiger partial charge is 0.143 e. The number of benzene rings is 10. The molecule has 0 N–H and O–H groups in total. The van der Waals surface area contributed by atoms with Crippen molar-refractivity contribution in [2.24, 2.45) is 0 Å². The van der Waals surface area contributed by atoms with E-state index in [1.165, 1.54) is 27.4 Å². The SMILES string of the molecule is c1ccc(-c2ccc(N(c3cccc(-c4cccc5oc6ccccc6c45)c3)c3cc(-c4ccc(-n5c6ccccc6c6ccccc65)cc4)c4oc5ccccc5c4c3)cc2)cc1. The van der Waals surface area contributed by atoms with E-state index in [-0.39, 0.29) is 0 Å². The molecular formula is C60H38N2O2. The van der Waals surface area contributed by atoms with Crippen LogP contribution in [0.25, 0.3) is 105 Å². The monoisotopic (exact) mass is 818 g/mol. The van der Waals surface area contributed by atoms with Gasteiger partial charge in [0, 0.05) is 60.6 Å². The van der Waals surface area contributed by atoms with Gasteiger partial charge in [0.15, 0.2) is 0 Å². The van der Waals surface area contributed by atoms with Gasteiger partial charge in [0.25, 0.3) is 0 Å². The Hall–Kier alpha value is -8.60. The summed E-state index contributed by atoms with van der Waals surface area (Å²) in [5.74, 6) is 0. The summed E-state index contributed by atoms with van der Waals surface area (Å²) in [7, 11) is 0. The first-order chi connectivity index (χ1) is 31.7. The molecule has 0 atom stereocenters. The molecule has 0 aliphatic carbocycles. The van der Waals surface area contributed by atoms with Crippen LogP contribution >= 0.6 is 0 Å². The molecule has 10 aromatic carbocycles. The van der Waals surface area contributed by atoms with E-state index in [4.69, 9.17) is 8.83 Å². The van der Waals surface area contributed by atoms with Gasteiger partial charge in [0.2, 0.25) is 0 Å². The highest BCUT2D eigenvalue weighted by atomic mass is 16.3. The summed E-state index contributed by atoms with van der Waals surface area (Å²) in [6.07, 6.45) is 0.